The summed E-state index contributed by atoms with van der Waals surface area (Å²) in [5.74, 6) is 0. The summed E-state index contributed by atoms with van der Waals surface area (Å²) in [5, 5.41) is 0. The first-order valence-corrected chi connectivity index (χ1v) is 8.57. The van der Waals surface area contributed by atoms with Crippen LogP contribution < -0.4 is 5.73 Å². The standard InChI is InChI=1S/C16H29N3S/c1-5-10-19(12-11-18(2)3)16(13-17)14-6-8-15(20-4)9-7-14/h6-9,16H,5,10-13,17H2,1-4H3. The average Bonchev–Trinajstić information content (AvgIpc) is 2.46. The fourth-order valence-corrected chi connectivity index (χ4v) is 2.77. The molecule has 0 aliphatic carbocycles. The van der Waals surface area contributed by atoms with Gasteiger partial charge in [-0.1, -0.05) is 19.1 Å². The second-order valence-corrected chi connectivity index (χ2v) is 6.24. The van der Waals surface area contributed by atoms with Crippen molar-refractivity contribution in [2.75, 3.05) is 46.5 Å². The summed E-state index contributed by atoms with van der Waals surface area (Å²) >= 11 is 1.78. The maximum absolute atomic E-state index is 6.05. The lowest BCUT2D eigenvalue weighted by Crippen LogP contribution is -2.38. The van der Waals surface area contributed by atoms with E-state index in [9.17, 15) is 0 Å². The summed E-state index contributed by atoms with van der Waals surface area (Å²) < 4.78 is 0. The van der Waals surface area contributed by atoms with Crippen molar-refractivity contribution in [3.05, 3.63) is 29.8 Å². The van der Waals surface area contributed by atoms with Gasteiger partial charge >= 0.3 is 0 Å². The molecule has 1 unspecified atom stereocenters. The Kier molecular flexibility index (Phi) is 8.22. The minimum atomic E-state index is 0.325. The number of hydrogen-bond acceptors (Lipinski definition) is 4. The second-order valence-electron chi connectivity index (χ2n) is 5.36. The lowest BCUT2D eigenvalue weighted by Gasteiger charge is -2.32. The van der Waals surface area contributed by atoms with Crippen molar-refractivity contribution in [1.29, 1.82) is 0 Å². The average molecular weight is 295 g/mol. The predicted molar refractivity (Wildman–Crippen MR) is 90.4 cm³/mol. The molecule has 1 aromatic carbocycles. The molecule has 0 heterocycles. The second kappa shape index (κ2) is 9.40. The van der Waals surface area contributed by atoms with Crippen LogP contribution in [0.3, 0.4) is 0 Å². The molecule has 114 valence electrons. The summed E-state index contributed by atoms with van der Waals surface area (Å²) in [6.07, 6.45) is 3.27. The van der Waals surface area contributed by atoms with E-state index in [0.29, 0.717) is 12.6 Å². The Hall–Kier alpha value is -0.550. The summed E-state index contributed by atoms with van der Waals surface area (Å²) in [6, 6.07) is 9.16. The molecule has 1 rings (SSSR count). The molecule has 0 aliphatic heterocycles. The van der Waals surface area contributed by atoms with E-state index < -0.39 is 0 Å². The molecule has 0 aromatic heterocycles. The van der Waals surface area contributed by atoms with Crippen molar-refractivity contribution >= 4 is 11.8 Å². The Morgan fingerprint density at radius 3 is 2.20 bits per heavy atom. The lowest BCUT2D eigenvalue weighted by molar-refractivity contribution is 0.182. The van der Waals surface area contributed by atoms with Crippen LogP contribution in [0.4, 0.5) is 0 Å². The number of thioether (sulfide) groups is 1. The quantitative estimate of drug-likeness (QED) is 0.710. The highest BCUT2D eigenvalue weighted by Crippen LogP contribution is 2.23. The van der Waals surface area contributed by atoms with E-state index in [-0.39, 0.29) is 0 Å². The minimum absolute atomic E-state index is 0.325. The third-order valence-corrected chi connectivity index (χ3v) is 4.25. The normalized spacial score (nSPS) is 13.2. The highest BCUT2D eigenvalue weighted by atomic mass is 32.2. The van der Waals surface area contributed by atoms with Crippen molar-refractivity contribution in [2.24, 2.45) is 5.73 Å². The molecule has 3 nitrogen and oxygen atoms in total. The van der Waals surface area contributed by atoms with E-state index in [1.807, 2.05) is 0 Å². The molecular formula is C16H29N3S. The van der Waals surface area contributed by atoms with Crippen LogP contribution in [0.1, 0.15) is 24.9 Å². The van der Waals surface area contributed by atoms with Gasteiger partial charge in [0.1, 0.15) is 0 Å². The van der Waals surface area contributed by atoms with Crippen molar-refractivity contribution in [3.8, 4) is 0 Å². The van der Waals surface area contributed by atoms with Crippen molar-refractivity contribution in [2.45, 2.75) is 24.3 Å². The first kappa shape index (κ1) is 17.5. The zero-order valence-corrected chi connectivity index (χ0v) is 14.1. The van der Waals surface area contributed by atoms with E-state index in [1.165, 1.54) is 10.5 Å². The number of likely N-dealkylation sites (N-methyl/N-ethyl adjacent to an activating group) is 1. The van der Waals surface area contributed by atoms with Crippen LogP contribution in [-0.2, 0) is 0 Å². The molecule has 0 bridgehead atoms. The Morgan fingerprint density at radius 2 is 1.75 bits per heavy atom. The molecule has 0 fully saturated rings. The van der Waals surface area contributed by atoms with Gasteiger partial charge in [-0.3, -0.25) is 4.90 Å². The fraction of sp³-hybridized carbons (Fsp3) is 0.625. The van der Waals surface area contributed by atoms with Crippen LogP contribution in [0.25, 0.3) is 0 Å². The van der Waals surface area contributed by atoms with E-state index >= 15 is 0 Å². The smallest absolute Gasteiger partial charge is 0.0471 e. The number of nitrogens with two attached hydrogens (primary N) is 1. The predicted octanol–water partition coefficient (Wildman–Crippen LogP) is 2.68. The van der Waals surface area contributed by atoms with Crippen molar-refractivity contribution in [1.82, 2.24) is 9.80 Å². The van der Waals surface area contributed by atoms with Gasteiger partial charge in [0.2, 0.25) is 0 Å². The topological polar surface area (TPSA) is 32.5 Å². The molecule has 0 amide bonds. The molecule has 1 aromatic rings. The highest BCUT2D eigenvalue weighted by molar-refractivity contribution is 7.98. The van der Waals surface area contributed by atoms with Gasteiger partial charge in [-0.25, -0.2) is 0 Å². The maximum Gasteiger partial charge on any atom is 0.0471 e. The Morgan fingerprint density at radius 1 is 1.10 bits per heavy atom. The molecule has 0 aliphatic rings. The molecule has 0 saturated carbocycles. The Bertz CT molecular complexity index is 364. The molecule has 0 radical (unpaired) electrons. The van der Waals surface area contributed by atoms with E-state index in [0.717, 1.165) is 26.1 Å². The third kappa shape index (κ3) is 5.44. The van der Waals surface area contributed by atoms with Crippen LogP contribution in [-0.4, -0.2) is 56.3 Å². The van der Waals surface area contributed by atoms with E-state index in [1.54, 1.807) is 11.8 Å². The summed E-state index contributed by atoms with van der Waals surface area (Å²) in [4.78, 5) is 6.04. The lowest BCUT2D eigenvalue weighted by atomic mass is 10.0. The van der Waals surface area contributed by atoms with Gasteiger partial charge in [0.25, 0.3) is 0 Å². The Labute approximate surface area is 128 Å². The number of nitrogens with zero attached hydrogens (tertiary/aromatic N) is 2. The van der Waals surface area contributed by atoms with Gasteiger partial charge in [0.15, 0.2) is 0 Å². The minimum Gasteiger partial charge on any atom is -0.329 e. The Balaban J connectivity index is 2.81. The molecular weight excluding hydrogens is 266 g/mol. The van der Waals surface area contributed by atoms with Crippen LogP contribution >= 0.6 is 11.8 Å². The largest absolute Gasteiger partial charge is 0.329 e. The van der Waals surface area contributed by atoms with Crippen molar-refractivity contribution in [3.63, 3.8) is 0 Å². The monoisotopic (exact) mass is 295 g/mol. The van der Waals surface area contributed by atoms with Gasteiger partial charge in [0, 0.05) is 30.6 Å². The molecule has 2 N–H and O–H groups in total. The van der Waals surface area contributed by atoms with Crippen LogP contribution in [0.2, 0.25) is 0 Å². The number of rotatable bonds is 9. The zero-order chi connectivity index (χ0) is 15.0. The maximum atomic E-state index is 6.05. The van der Waals surface area contributed by atoms with Crippen molar-refractivity contribution < 1.29 is 0 Å². The van der Waals surface area contributed by atoms with Gasteiger partial charge in [0.05, 0.1) is 0 Å². The molecule has 20 heavy (non-hydrogen) atoms. The molecule has 0 saturated heterocycles. The zero-order valence-electron chi connectivity index (χ0n) is 13.3. The molecule has 0 spiro atoms. The van der Waals surface area contributed by atoms with E-state index in [4.69, 9.17) is 5.73 Å². The number of hydrogen-bond donors (Lipinski definition) is 1. The SMILES string of the molecule is CCCN(CCN(C)C)C(CN)c1ccc(SC)cc1. The van der Waals surface area contributed by atoms with Gasteiger partial charge < -0.3 is 10.6 Å². The number of benzene rings is 1. The van der Waals surface area contributed by atoms with Crippen LogP contribution in [0, 0.1) is 0 Å². The summed E-state index contributed by atoms with van der Waals surface area (Å²) in [5.41, 5.74) is 7.38. The highest BCUT2D eigenvalue weighted by Gasteiger charge is 2.18. The third-order valence-electron chi connectivity index (χ3n) is 3.51. The van der Waals surface area contributed by atoms with Gasteiger partial charge in [-0.2, -0.15) is 0 Å². The van der Waals surface area contributed by atoms with Crippen LogP contribution in [0.15, 0.2) is 29.2 Å². The van der Waals surface area contributed by atoms with Gasteiger partial charge in [-0.05, 0) is 51.0 Å². The van der Waals surface area contributed by atoms with Gasteiger partial charge in [-0.15, -0.1) is 11.8 Å². The van der Waals surface area contributed by atoms with Crippen LogP contribution in [0.5, 0.6) is 0 Å². The molecule has 1 atom stereocenters. The first-order valence-electron chi connectivity index (χ1n) is 7.35. The fourth-order valence-electron chi connectivity index (χ4n) is 2.36. The molecule has 4 heteroatoms. The summed E-state index contributed by atoms with van der Waals surface area (Å²) in [6.45, 7) is 6.13. The van der Waals surface area contributed by atoms with E-state index in [2.05, 4.69) is 61.3 Å². The summed E-state index contributed by atoms with van der Waals surface area (Å²) in [7, 11) is 4.24. The first-order chi connectivity index (χ1) is 9.62.